The molecule has 30 heavy (non-hydrogen) atoms. The normalized spacial score (nSPS) is 14.9. The second-order valence-electron chi connectivity index (χ2n) is 7.02. The monoisotopic (exact) mass is 434 g/mol. The molecule has 0 spiro atoms. The summed E-state index contributed by atoms with van der Waals surface area (Å²) in [5.41, 5.74) is 0.142. The molecule has 3 rings (SSSR count). The number of sulfone groups is 1. The van der Waals surface area contributed by atoms with Crippen LogP contribution in [0.4, 0.5) is 23.0 Å². The molecule has 0 bridgehead atoms. The minimum atomic E-state index is -3.34. The molecule has 11 nitrogen and oxygen atoms in total. The molecular weight excluding hydrogens is 412 g/mol. The Morgan fingerprint density at radius 1 is 1.17 bits per heavy atom. The van der Waals surface area contributed by atoms with Crippen molar-refractivity contribution < 1.29 is 18.1 Å². The van der Waals surface area contributed by atoms with Crippen LogP contribution >= 0.6 is 0 Å². The van der Waals surface area contributed by atoms with Crippen LogP contribution in [0.25, 0.3) is 0 Å². The molecule has 2 heterocycles. The van der Waals surface area contributed by atoms with Gasteiger partial charge in [-0.1, -0.05) is 0 Å². The van der Waals surface area contributed by atoms with E-state index in [0.29, 0.717) is 31.6 Å². The minimum Gasteiger partial charge on any atom is -0.361 e. The molecule has 0 unspecified atom stereocenters. The van der Waals surface area contributed by atoms with E-state index in [4.69, 9.17) is 0 Å². The van der Waals surface area contributed by atoms with Gasteiger partial charge in [-0.15, -0.1) is 0 Å². The molecule has 1 saturated heterocycles. The van der Waals surface area contributed by atoms with Crippen LogP contribution in [0.1, 0.15) is 19.8 Å². The number of hydrogen-bond acceptors (Lipinski definition) is 9. The number of likely N-dealkylation sites (tertiary alicyclic amines) is 1. The molecule has 0 atom stereocenters. The highest BCUT2D eigenvalue weighted by Crippen LogP contribution is 2.32. The van der Waals surface area contributed by atoms with Crippen LogP contribution in [0.2, 0.25) is 0 Å². The molecule has 1 aliphatic rings. The van der Waals surface area contributed by atoms with Gasteiger partial charge >= 0.3 is 5.69 Å². The number of aromatic nitrogens is 2. The summed E-state index contributed by atoms with van der Waals surface area (Å²) in [6, 6.07) is 5.77. The highest BCUT2D eigenvalue weighted by atomic mass is 32.2. The van der Waals surface area contributed by atoms with Crippen molar-refractivity contribution >= 4 is 38.8 Å². The van der Waals surface area contributed by atoms with E-state index in [1.54, 1.807) is 4.90 Å². The minimum absolute atomic E-state index is 0.00854. The lowest BCUT2D eigenvalue weighted by Crippen LogP contribution is -2.41. The number of nitrogens with zero attached hydrogens (tertiary/aromatic N) is 4. The van der Waals surface area contributed by atoms with Crippen LogP contribution in [0.15, 0.2) is 35.5 Å². The Kier molecular flexibility index (Phi) is 6.15. The summed E-state index contributed by atoms with van der Waals surface area (Å²) in [6.07, 6.45) is 3.61. The number of carbonyl (C=O) groups excluding carboxylic acids is 1. The molecule has 1 amide bonds. The molecule has 2 aromatic rings. The number of hydrogen-bond donors (Lipinski definition) is 2. The Morgan fingerprint density at radius 3 is 2.30 bits per heavy atom. The third-order valence-electron chi connectivity index (χ3n) is 4.83. The maximum Gasteiger partial charge on any atom is 0.353 e. The Balaban J connectivity index is 1.80. The van der Waals surface area contributed by atoms with Crippen LogP contribution in [0.5, 0.6) is 0 Å². The van der Waals surface area contributed by atoms with Crippen molar-refractivity contribution in [1.29, 1.82) is 0 Å². The maximum atomic E-state index is 11.7. The Bertz CT molecular complexity index is 1050. The van der Waals surface area contributed by atoms with E-state index in [2.05, 4.69) is 20.6 Å². The number of rotatable bonds is 6. The largest absolute Gasteiger partial charge is 0.361 e. The Morgan fingerprint density at radius 2 is 1.77 bits per heavy atom. The van der Waals surface area contributed by atoms with Crippen molar-refractivity contribution in [3.05, 3.63) is 40.7 Å². The van der Waals surface area contributed by atoms with Crippen LogP contribution in [-0.2, 0) is 14.6 Å². The maximum absolute atomic E-state index is 11.7. The van der Waals surface area contributed by atoms with E-state index in [9.17, 15) is 23.3 Å². The lowest BCUT2D eigenvalue weighted by Gasteiger charge is -2.31. The molecule has 0 aliphatic carbocycles. The van der Waals surface area contributed by atoms with Gasteiger partial charge in [0.05, 0.1) is 9.82 Å². The first-order chi connectivity index (χ1) is 14.1. The summed E-state index contributed by atoms with van der Waals surface area (Å²) in [5, 5.41) is 17.7. The first kappa shape index (κ1) is 21.4. The van der Waals surface area contributed by atoms with Gasteiger partial charge < -0.3 is 15.5 Å². The molecular formula is C18H22N6O5S. The zero-order valence-electron chi connectivity index (χ0n) is 16.5. The van der Waals surface area contributed by atoms with E-state index < -0.39 is 14.8 Å². The van der Waals surface area contributed by atoms with Crippen molar-refractivity contribution in [1.82, 2.24) is 14.9 Å². The third kappa shape index (κ3) is 5.00. The van der Waals surface area contributed by atoms with Gasteiger partial charge in [0.15, 0.2) is 9.84 Å². The molecule has 0 saturated carbocycles. The molecule has 12 heteroatoms. The van der Waals surface area contributed by atoms with Gasteiger partial charge in [-0.2, -0.15) is 0 Å². The Labute approximate surface area is 173 Å². The lowest BCUT2D eigenvalue weighted by atomic mass is 10.1. The van der Waals surface area contributed by atoms with Crippen molar-refractivity contribution in [3.63, 3.8) is 0 Å². The van der Waals surface area contributed by atoms with Gasteiger partial charge in [-0.25, -0.2) is 18.4 Å². The van der Waals surface area contributed by atoms with E-state index in [1.807, 2.05) is 0 Å². The van der Waals surface area contributed by atoms with Gasteiger partial charge in [-0.3, -0.25) is 14.9 Å². The second-order valence-corrected chi connectivity index (χ2v) is 9.04. The standard InChI is InChI=1S/C18H22N6O5S/c1-12(25)23-9-7-14(8-10-23)22-18-16(24(26)27)17(19-11-20-18)21-13-3-5-15(6-4-13)30(2,28)29/h3-6,11,14H,7-10H2,1-2H3,(H2,19,20,21,22). The smallest absolute Gasteiger partial charge is 0.353 e. The quantitative estimate of drug-likeness (QED) is 0.514. The van der Waals surface area contributed by atoms with Crippen LogP contribution in [0, 0.1) is 10.1 Å². The van der Waals surface area contributed by atoms with Crippen molar-refractivity contribution in [2.45, 2.75) is 30.7 Å². The van der Waals surface area contributed by atoms with Crippen molar-refractivity contribution in [2.24, 2.45) is 0 Å². The highest BCUT2D eigenvalue weighted by Gasteiger charge is 2.27. The number of piperidine rings is 1. The molecule has 0 radical (unpaired) electrons. The van der Waals surface area contributed by atoms with Crippen LogP contribution in [0.3, 0.4) is 0 Å². The van der Waals surface area contributed by atoms with Gasteiger partial charge in [0, 0.05) is 38.0 Å². The summed E-state index contributed by atoms with van der Waals surface area (Å²) in [7, 11) is -3.34. The average molecular weight is 434 g/mol. The SMILES string of the molecule is CC(=O)N1CCC(Nc2ncnc(Nc3ccc(S(C)(=O)=O)cc3)c2[N+](=O)[O-])CC1. The molecule has 1 aromatic carbocycles. The summed E-state index contributed by atoms with van der Waals surface area (Å²) in [5.74, 6) is 0.0900. The van der Waals surface area contributed by atoms with E-state index in [1.165, 1.54) is 37.5 Å². The third-order valence-corrected chi connectivity index (χ3v) is 5.96. The lowest BCUT2D eigenvalue weighted by molar-refractivity contribution is -0.383. The summed E-state index contributed by atoms with van der Waals surface area (Å²) >= 11 is 0. The fraction of sp³-hybridized carbons (Fsp3) is 0.389. The summed E-state index contributed by atoms with van der Waals surface area (Å²) in [6.45, 7) is 2.66. The number of carbonyl (C=O) groups is 1. The Hall–Kier alpha value is -3.28. The predicted octanol–water partition coefficient (Wildman–Crippen LogP) is 1.95. The topological polar surface area (TPSA) is 147 Å². The average Bonchev–Trinajstić information content (AvgIpc) is 2.68. The number of amides is 1. The van der Waals surface area contributed by atoms with Crippen molar-refractivity contribution in [3.8, 4) is 0 Å². The molecule has 1 fully saturated rings. The number of nitro groups is 1. The highest BCUT2D eigenvalue weighted by molar-refractivity contribution is 7.90. The fourth-order valence-corrected chi connectivity index (χ4v) is 3.83. The first-order valence-corrected chi connectivity index (χ1v) is 11.1. The van der Waals surface area contributed by atoms with E-state index >= 15 is 0 Å². The van der Waals surface area contributed by atoms with Gasteiger partial charge in [0.1, 0.15) is 6.33 Å². The molecule has 2 N–H and O–H groups in total. The number of nitrogens with one attached hydrogen (secondary N) is 2. The van der Waals surface area contributed by atoms with E-state index in [-0.39, 0.29) is 34.2 Å². The van der Waals surface area contributed by atoms with Crippen molar-refractivity contribution in [2.75, 3.05) is 30.0 Å². The summed E-state index contributed by atoms with van der Waals surface area (Å²) in [4.78, 5) is 32.5. The molecule has 1 aromatic heterocycles. The fourth-order valence-electron chi connectivity index (χ4n) is 3.20. The zero-order valence-corrected chi connectivity index (χ0v) is 17.3. The van der Waals surface area contributed by atoms with Gasteiger partial charge in [0.25, 0.3) is 0 Å². The zero-order chi connectivity index (χ0) is 21.9. The first-order valence-electron chi connectivity index (χ1n) is 9.23. The predicted molar refractivity (Wildman–Crippen MR) is 110 cm³/mol. The van der Waals surface area contributed by atoms with Crippen LogP contribution < -0.4 is 10.6 Å². The van der Waals surface area contributed by atoms with Gasteiger partial charge in [-0.05, 0) is 37.1 Å². The molecule has 160 valence electrons. The second kappa shape index (κ2) is 8.61. The van der Waals surface area contributed by atoms with Crippen LogP contribution in [-0.4, -0.2) is 59.5 Å². The van der Waals surface area contributed by atoms with E-state index in [0.717, 1.165) is 6.26 Å². The number of anilines is 3. The summed E-state index contributed by atoms with van der Waals surface area (Å²) < 4.78 is 23.2. The number of benzene rings is 1. The van der Waals surface area contributed by atoms with Gasteiger partial charge in [0.2, 0.25) is 17.5 Å². The molecule has 1 aliphatic heterocycles.